The number of nitrogens with zero attached hydrogens (tertiary/aromatic N) is 1. The van der Waals surface area contributed by atoms with Crippen molar-refractivity contribution in [1.29, 1.82) is 0 Å². The first kappa shape index (κ1) is 12.6. The lowest BCUT2D eigenvalue weighted by molar-refractivity contribution is -0.144. The van der Waals surface area contributed by atoms with Crippen molar-refractivity contribution in [2.45, 2.75) is 38.8 Å². The van der Waals surface area contributed by atoms with Crippen LogP contribution < -0.4 is 0 Å². The Morgan fingerprint density at radius 1 is 1.39 bits per heavy atom. The van der Waals surface area contributed by atoms with Gasteiger partial charge in [-0.1, -0.05) is 25.1 Å². The zero-order chi connectivity index (χ0) is 13.5. The third-order valence-corrected chi connectivity index (χ3v) is 3.62. The summed E-state index contributed by atoms with van der Waals surface area (Å²) < 4.78 is 0. The average molecular weight is 247 g/mol. The molecule has 1 unspecified atom stereocenters. The molecule has 18 heavy (non-hydrogen) atoms. The minimum Gasteiger partial charge on any atom is -0.480 e. The van der Waals surface area contributed by atoms with Crippen LogP contribution in [0.15, 0.2) is 24.3 Å². The number of benzene rings is 1. The fraction of sp³-hybridized carbons (Fsp3) is 0.429. The van der Waals surface area contributed by atoms with Crippen LogP contribution >= 0.6 is 0 Å². The number of amides is 1. The molecule has 0 aromatic heterocycles. The second-order valence-electron chi connectivity index (χ2n) is 5.04. The van der Waals surface area contributed by atoms with Crippen LogP contribution in [0.4, 0.5) is 0 Å². The molecule has 0 bridgehead atoms. The van der Waals surface area contributed by atoms with Crippen LogP contribution in [0.2, 0.25) is 0 Å². The summed E-state index contributed by atoms with van der Waals surface area (Å²) in [7, 11) is 0. The molecule has 4 nitrogen and oxygen atoms in total. The first-order valence-electron chi connectivity index (χ1n) is 6.07. The Bertz CT molecular complexity index is 508. The molecule has 0 aliphatic carbocycles. The number of hydrogen-bond donors (Lipinski definition) is 1. The van der Waals surface area contributed by atoms with E-state index in [9.17, 15) is 14.7 Å². The highest BCUT2D eigenvalue weighted by atomic mass is 16.4. The van der Waals surface area contributed by atoms with E-state index in [0.29, 0.717) is 12.0 Å². The maximum absolute atomic E-state index is 12.4. The van der Waals surface area contributed by atoms with E-state index in [1.54, 1.807) is 19.1 Å². The van der Waals surface area contributed by atoms with Crippen molar-refractivity contribution in [3.8, 4) is 0 Å². The van der Waals surface area contributed by atoms with E-state index < -0.39 is 17.6 Å². The van der Waals surface area contributed by atoms with Crippen molar-refractivity contribution in [3.63, 3.8) is 0 Å². The molecule has 1 aromatic rings. The normalized spacial score (nSPS) is 18.6. The molecule has 1 aromatic carbocycles. The Kier molecular flexibility index (Phi) is 2.89. The van der Waals surface area contributed by atoms with Gasteiger partial charge in [-0.2, -0.15) is 0 Å². The molecule has 0 saturated heterocycles. The largest absolute Gasteiger partial charge is 0.480 e. The Hall–Kier alpha value is -1.84. The summed E-state index contributed by atoms with van der Waals surface area (Å²) in [5.74, 6) is -1.14. The number of carbonyl (C=O) groups excluding carboxylic acids is 1. The van der Waals surface area contributed by atoms with Crippen molar-refractivity contribution >= 4 is 11.9 Å². The highest BCUT2D eigenvalue weighted by Crippen LogP contribution is 2.40. The summed E-state index contributed by atoms with van der Waals surface area (Å²) in [6.45, 7) is 5.57. The summed E-state index contributed by atoms with van der Waals surface area (Å²) in [5.41, 5.74) is 0.934. The van der Waals surface area contributed by atoms with Crippen LogP contribution in [0.1, 0.15) is 43.1 Å². The highest BCUT2D eigenvalue weighted by Gasteiger charge is 2.47. The molecule has 96 valence electrons. The van der Waals surface area contributed by atoms with Crippen molar-refractivity contribution in [1.82, 2.24) is 4.90 Å². The van der Waals surface area contributed by atoms with Gasteiger partial charge in [0.05, 0.1) is 5.54 Å². The third-order valence-electron chi connectivity index (χ3n) is 3.62. The number of aliphatic carboxylic acids is 1. The predicted molar refractivity (Wildman–Crippen MR) is 67.4 cm³/mol. The molecule has 0 radical (unpaired) electrons. The number of hydrogen-bond acceptors (Lipinski definition) is 2. The van der Waals surface area contributed by atoms with Crippen LogP contribution in [0.3, 0.4) is 0 Å². The molecule has 1 aliphatic heterocycles. The highest BCUT2D eigenvalue weighted by molar-refractivity contribution is 6.01. The quantitative estimate of drug-likeness (QED) is 0.891. The van der Waals surface area contributed by atoms with E-state index in [2.05, 4.69) is 0 Å². The molecule has 1 atom stereocenters. The van der Waals surface area contributed by atoms with Crippen molar-refractivity contribution in [3.05, 3.63) is 35.4 Å². The molecule has 1 N–H and O–H groups in total. The van der Waals surface area contributed by atoms with Gasteiger partial charge in [0.1, 0.15) is 6.04 Å². The number of rotatable bonds is 3. The van der Waals surface area contributed by atoms with E-state index in [0.717, 1.165) is 5.56 Å². The maximum atomic E-state index is 12.4. The summed E-state index contributed by atoms with van der Waals surface area (Å²) in [5, 5.41) is 9.27. The monoisotopic (exact) mass is 247 g/mol. The van der Waals surface area contributed by atoms with Gasteiger partial charge in [0.25, 0.3) is 5.91 Å². The number of fused-ring (bicyclic) bond motifs is 1. The molecule has 2 rings (SSSR count). The van der Waals surface area contributed by atoms with Crippen LogP contribution in [-0.4, -0.2) is 27.9 Å². The SMILES string of the molecule is CCC(C(=O)O)N1C(=O)c2ccccc2C1(C)C. The standard InChI is InChI=1S/C14H17NO3/c1-4-11(13(17)18)15-12(16)9-7-5-6-8-10(9)14(15,2)3/h5-8,11H,4H2,1-3H3,(H,17,18). The lowest BCUT2D eigenvalue weighted by atomic mass is 9.93. The molecule has 0 saturated carbocycles. The first-order valence-corrected chi connectivity index (χ1v) is 6.07. The van der Waals surface area contributed by atoms with Crippen LogP contribution in [0, 0.1) is 0 Å². The zero-order valence-electron chi connectivity index (χ0n) is 10.8. The average Bonchev–Trinajstić information content (AvgIpc) is 2.52. The Labute approximate surface area is 106 Å². The number of carboxylic acids is 1. The molecular weight excluding hydrogens is 230 g/mol. The summed E-state index contributed by atoms with van der Waals surface area (Å²) in [6.07, 6.45) is 0.401. The molecule has 1 aliphatic rings. The van der Waals surface area contributed by atoms with Gasteiger partial charge >= 0.3 is 5.97 Å². The van der Waals surface area contributed by atoms with Gasteiger partial charge < -0.3 is 10.0 Å². The minimum absolute atomic E-state index is 0.190. The maximum Gasteiger partial charge on any atom is 0.326 e. The third kappa shape index (κ3) is 1.60. The molecule has 1 amide bonds. The Morgan fingerprint density at radius 3 is 2.50 bits per heavy atom. The van der Waals surface area contributed by atoms with Crippen molar-refractivity contribution < 1.29 is 14.7 Å². The molecule has 1 heterocycles. The predicted octanol–water partition coefficient (Wildman–Crippen LogP) is 2.24. The summed E-state index contributed by atoms with van der Waals surface area (Å²) in [6, 6.07) is 6.55. The van der Waals surface area contributed by atoms with Gasteiger partial charge in [0.2, 0.25) is 0 Å². The summed E-state index contributed by atoms with van der Waals surface area (Å²) in [4.78, 5) is 25.2. The van der Waals surface area contributed by atoms with Gasteiger partial charge in [-0.05, 0) is 31.9 Å². The molecule has 0 spiro atoms. The van der Waals surface area contributed by atoms with E-state index >= 15 is 0 Å². The molecular formula is C14H17NO3. The zero-order valence-corrected chi connectivity index (χ0v) is 10.8. The molecule has 4 heteroatoms. The number of carboxylic acid groups (broad SMARTS) is 1. The lowest BCUT2D eigenvalue weighted by Gasteiger charge is -2.36. The van der Waals surface area contributed by atoms with E-state index in [4.69, 9.17) is 0 Å². The van der Waals surface area contributed by atoms with Crippen LogP contribution in [-0.2, 0) is 10.3 Å². The van der Waals surface area contributed by atoms with Gasteiger partial charge in [-0.15, -0.1) is 0 Å². The first-order chi connectivity index (χ1) is 8.41. The van der Waals surface area contributed by atoms with Crippen molar-refractivity contribution in [2.24, 2.45) is 0 Å². The van der Waals surface area contributed by atoms with Gasteiger partial charge in [0, 0.05) is 5.56 Å². The topological polar surface area (TPSA) is 57.6 Å². The van der Waals surface area contributed by atoms with E-state index in [1.165, 1.54) is 4.90 Å². The minimum atomic E-state index is -0.952. The second kappa shape index (κ2) is 4.12. The fourth-order valence-electron chi connectivity index (χ4n) is 2.72. The van der Waals surface area contributed by atoms with Gasteiger partial charge in [-0.25, -0.2) is 4.79 Å². The molecule has 0 fully saturated rings. The van der Waals surface area contributed by atoms with Crippen LogP contribution in [0.5, 0.6) is 0 Å². The van der Waals surface area contributed by atoms with Gasteiger partial charge in [-0.3, -0.25) is 4.79 Å². The Balaban J connectivity index is 2.54. The number of carbonyl (C=O) groups is 2. The van der Waals surface area contributed by atoms with E-state index in [-0.39, 0.29) is 5.91 Å². The fourth-order valence-corrected chi connectivity index (χ4v) is 2.72. The summed E-state index contributed by atoms with van der Waals surface area (Å²) >= 11 is 0. The second-order valence-corrected chi connectivity index (χ2v) is 5.04. The van der Waals surface area contributed by atoms with Crippen molar-refractivity contribution in [2.75, 3.05) is 0 Å². The Morgan fingerprint density at radius 2 is 2.00 bits per heavy atom. The smallest absolute Gasteiger partial charge is 0.326 e. The van der Waals surface area contributed by atoms with Gasteiger partial charge in [0.15, 0.2) is 0 Å². The van der Waals surface area contributed by atoms with E-state index in [1.807, 2.05) is 26.0 Å². The van der Waals surface area contributed by atoms with Crippen LogP contribution in [0.25, 0.3) is 0 Å². The lowest BCUT2D eigenvalue weighted by Crippen LogP contribution is -2.49.